The number of methoxy groups -OCH3 is 1. The number of hydrogen-bond donors (Lipinski definition) is 3. The first-order valence-corrected chi connectivity index (χ1v) is 9.79. The summed E-state index contributed by atoms with van der Waals surface area (Å²) in [6.45, 7) is 1.92. The SMILES string of the molecule is CO[C@@H](CCOC(=O)CS)[C@@H](OC(=O)Nc1ccc(C)cc1)c1ccc(O)c(F)c1. The van der Waals surface area contributed by atoms with Gasteiger partial charge in [-0.25, -0.2) is 9.18 Å². The minimum absolute atomic E-state index is 0.00208. The summed E-state index contributed by atoms with van der Waals surface area (Å²) in [6.07, 6.45) is -2.36. The number of halogens is 1. The van der Waals surface area contributed by atoms with Gasteiger partial charge in [0.2, 0.25) is 0 Å². The molecule has 2 atom stereocenters. The van der Waals surface area contributed by atoms with Crippen LogP contribution in [0.1, 0.15) is 23.7 Å². The molecule has 0 radical (unpaired) electrons. The van der Waals surface area contributed by atoms with E-state index >= 15 is 0 Å². The summed E-state index contributed by atoms with van der Waals surface area (Å²) in [5, 5.41) is 12.1. The quantitative estimate of drug-likeness (QED) is 0.405. The maximum Gasteiger partial charge on any atom is 0.412 e. The van der Waals surface area contributed by atoms with E-state index in [0.717, 1.165) is 17.7 Å². The van der Waals surface area contributed by atoms with Crippen molar-refractivity contribution in [1.82, 2.24) is 0 Å². The van der Waals surface area contributed by atoms with Crippen molar-refractivity contribution in [3.63, 3.8) is 0 Å². The third-order valence-electron chi connectivity index (χ3n) is 4.27. The zero-order valence-corrected chi connectivity index (χ0v) is 17.5. The van der Waals surface area contributed by atoms with Gasteiger partial charge < -0.3 is 19.3 Å². The van der Waals surface area contributed by atoms with E-state index in [0.29, 0.717) is 5.69 Å². The molecule has 9 heteroatoms. The highest BCUT2D eigenvalue weighted by Gasteiger charge is 2.28. The van der Waals surface area contributed by atoms with Crippen LogP contribution >= 0.6 is 12.6 Å². The lowest BCUT2D eigenvalue weighted by Gasteiger charge is -2.26. The number of thiol groups is 1. The Kier molecular flexibility index (Phi) is 8.94. The normalized spacial score (nSPS) is 12.7. The molecule has 0 aliphatic rings. The van der Waals surface area contributed by atoms with Gasteiger partial charge in [-0.1, -0.05) is 23.8 Å². The summed E-state index contributed by atoms with van der Waals surface area (Å²) >= 11 is 3.83. The van der Waals surface area contributed by atoms with Gasteiger partial charge >= 0.3 is 12.1 Å². The van der Waals surface area contributed by atoms with Gasteiger partial charge in [-0.15, -0.1) is 0 Å². The number of rotatable bonds is 9. The molecule has 0 aromatic heterocycles. The van der Waals surface area contributed by atoms with Crippen LogP contribution in [0.2, 0.25) is 0 Å². The van der Waals surface area contributed by atoms with E-state index in [9.17, 15) is 19.1 Å². The van der Waals surface area contributed by atoms with Crippen LogP contribution in [-0.2, 0) is 19.0 Å². The molecule has 162 valence electrons. The molecule has 0 aliphatic carbocycles. The number of phenols is 1. The zero-order valence-electron chi connectivity index (χ0n) is 16.6. The smallest absolute Gasteiger partial charge is 0.412 e. The molecule has 0 saturated heterocycles. The van der Waals surface area contributed by atoms with Gasteiger partial charge in [0.05, 0.1) is 12.4 Å². The molecule has 0 fully saturated rings. The largest absolute Gasteiger partial charge is 0.505 e. The van der Waals surface area contributed by atoms with E-state index in [1.165, 1.54) is 13.2 Å². The Morgan fingerprint density at radius 3 is 2.50 bits per heavy atom. The van der Waals surface area contributed by atoms with E-state index in [1.807, 2.05) is 19.1 Å². The average Bonchev–Trinajstić information content (AvgIpc) is 2.73. The number of nitrogens with one attached hydrogen (secondary N) is 1. The molecule has 2 N–H and O–H groups in total. The van der Waals surface area contributed by atoms with Gasteiger partial charge in [0.15, 0.2) is 17.7 Å². The van der Waals surface area contributed by atoms with E-state index in [2.05, 4.69) is 17.9 Å². The number of anilines is 1. The molecule has 0 saturated carbocycles. The Labute approximate surface area is 179 Å². The van der Waals surface area contributed by atoms with Gasteiger partial charge in [-0.3, -0.25) is 10.1 Å². The molecular weight excluding hydrogens is 413 g/mol. The highest BCUT2D eigenvalue weighted by molar-refractivity contribution is 7.81. The summed E-state index contributed by atoms with van der Waals surface area (Å²) in [5.41, 5.74) is 1.83. The number of esters is 1. The molecule has 2 aromatic rings. The highest BCUT2D eigenvalue weighted by Crippen LogP contribution is 2.29. The number of hydrogen-bond acceptors (Lipinski definition) is 7. The monoisotopic (exact) mass is 437 g/mol. The minimum Gasteiger partial charge on any atom is -0.505 e. The standard InChI is InChI=1S/C21H24FNO6S/c1-13-3-6-15(7-4-13)23-21(26)29-20(14-5-8-17(24)16(22)11-14)18(27-2)9-10-28-19(25)12-30/h3-8,11,18,20,24,30H,9-10,12H2,1-2H3,(H,23,26)/t18-,20-/m0/s1. The van der Waals surface area contributed by atoms with Gasteiger partial charge in [-0.05, 0) is 36.8 Å². The number of carbonyl (C=O) groups is 2. The predicted octanol–water partition coefficient (Wildman–Crippen LogP) is 4.01. The van der Waals surface area contributed by atoms with E-state index in [1.54, 1.807) is 12.1 Å². The lowest BCUT2D eigenvalue weighted by molar-refractivity contribution is -0.141. The van der Waals surface area contributed by atoms with Gasteiger partial charge in [0.25, 0.3) is 0 Å². The number of amides is 1. The van der Waals surface area contributed by atoms with Crippen LogP contribution in [0.4, 0.5) is 14.9 Å². The van der Waals surface area contributed by atoms with Crippen molar-refractivity contribution >= 4 is 30.4 Å². The summed E-state index contributed by atoms with van der Waals surface area (Å²) in [7, 11) is 1.40. The maximum absolute atomic E-state index is 13.9. The Balaban J connectivity index is 2.18. The third kappa shape index (κ3) is 6.93. The van der Waals surface area contributed by atoms with Crippen molar-refractivity contribution < 1.29 is 33.3 Å². The lowest BCUT2D eigenvalue weighted by Crippen LogP contribution is -2.29. The number of benzene rings is 2. The number of phenolic OH excluding ortho intramolecular Hbond substituents is 1. The van der Waals surface area contributed by atoms with Crippen molar-refractivity contribution in [3.8, 4) is 5.75 Å². The third-order valence-corrected chi connectivity index (χ3v) is 4.53. The number of aryl methyl sites for hydroxylation is 1. The topological polar surface area (TPSA) is 94.1 Å². The molecule has 0 aliphatic heterocycles. The number of ether oxygens (including phenoxy) is 3. The second-order valence-electron chi connectivity index (χ2n) is 6.47. The van der Waals surface area contributed by atoms with Gasteiger partial charge in [0.1, 0.15) is 6.10 Å². The Morgan fingerprint density at radius 1 is 1.20 bits per heavy atom. The van der Waals surface area contributed by atoms with Crippen molar-refractivity contribution in [3.05, 3.63) is 59.4 Å². The fraction of sp³-hybridized carbons (Fsp3) is 0.333. The maximum atomic E-state index is 13.9. The number of aromatic hydroxyl groups is 1. The molecule has 0 unspecified atom stereocenters. The molecule has 2 rings (SSSR count). The fourth-order valence-electron chi connectivity index (χ4n) is 2.69. The molecular formula is C21H24FNO6S. The van der Waals surface area contributed by atoms with Crippen LogP contribution in [0.25, 0.3) is 0 Å². The Bertz CT molecular complexity index is 861. The second kappa shape index (κ2) is 11.4. The Hall–Kier alpha value is -2.78. The highest BCUT2D eigenvalue weighted by atomic mass is 32.1. The molecule has 0 bridgehead atoms. The van der Waals surface area contributed by atoms with Crippen LogP contribution in [0.3, 0.4) is 0 Å². The molecule has 7 nitrogen and oxygen atoms in total. The molecule has 0 spiro atoms. The van der Waals surface area contributed by atoms with Gasteiger partial charge in [0, 0.05) is 19.2 Å². The summed E-state index contributed by atoms with van der Waals surface area (Å²) in [6, 6.07) is 10.7. The minimum atomic E-state index is -1.02. The van der Waals surface area contributed by atoms with Gasteiger partial charge in [-0.2, -0.15) is 12.6 Å². The molecule has 0 heterocycles. The van der Waals surface area contributed by atoms with Crippen molar-refractivity contribution in [1.29, 1.82) is 0 Å². The van der Waals surface area contributed by atoms with Crippen LogP contribution in [0.5, 0.6) is 5.75 Å². The Morgan fingerprint density at radius 2 is 1.90 bits per heavy atom. The van der Waals surface area contributed by atoms with Crippen LogP contribution in [-0.4, -0.2) is 42.7 Å². The second-order valence-corrected chi connectivity index (χ2v) is 6.79. The first kappa shape index (κ1) is 23.5. The lowest BCUT2D eigenvalue weighted by atomic mass is 10.0. The average molecular weight is 437 g/mol. The van der Waals surface area contributed by atoms with Crippen LogP contribution in [0.15, 0.2) is 42.5 Å². The molecule has 30 heavy (non-hydrogen) atoms. The number of carbonyl (C=O) groups excluding carboxylic acids is 2. The molecule has 2 aromatic carbocycles. The summed E-state index contributed by atoms with van der Waals surface area (Å²) < 4.78 is 29.8. The van der Waals surface area contributed by atoms with Crippen molar-refractivity contribution in [2.75, 3.05) is 24.8 Å². The fourth-order valence-corrected chi connectivity index (χ4v) is 2.78. The first-order valence-electron chi connectivity index (χ1n) is 9.16. The molecule has 1 amide bonds. The predicted molar refractivity (Wildman–Crippen MR) is 112 cm³/mol. The van der Waals surface area contributed by atoms with Crippen molar-refractivity contribution in [2.24, 2.45) is 0 Å². The van der Waals surface area contributed by atoms with Crippen LogP contribution < -0.4 is 5.32 Å². The summed E-state index contributed by atoms with van der Waals surface area (Å²) in [4.78, 5) is 23.8. The zero-order chi connectivity index (χ0) is 22.1. The van der Waals surface area contributed by atoms with E-state index in [4.69, 9.17) is 14.2 Å². The first-order chi connectivity index (χ1) is 14.3. The van der Waals surface area contributed by atoms with Crippen LogP contribution in [0, 0.1) is 12.7 Å². The summed E-state index contributed by atoms with van der Waals surface area (Å²) in [5.74, 6) is -1.96. The van der Waals surface area contributed by atoms with E-state index < -0.39 is 35.8 Å². The van der Waals surface area contributed by atoms with Crippen molar-refractivity contribution in [2.45, 2.75) is 25.6 Å². The van der Waals surface area contributed by atoms with E-state index in [-0.39, 0.29) is 24.3 Å².